The number of guanidine groups is 1. The summed E-state index contributed by atoms with van der Waals surface area (Å²) in [5, 5.41) is 16.4. The van der Waals surface area contributed by atoms with Crippen molar-refractivity contribution in [3.63, 3.8) is 0 Å². The van der Waals surface area contributed by atoms with Gasteiger partial charge >= 0.3 is 0 Å². The number of hydrogen-bond acceptors (Lipinski definition) is 5. The number of aliphatic imine (C=N–C) groups is 1. The molecule has 32 heavy (non-hydrogen) atoms. The normalized spacial score (nSPS) is 15.9. The standard InChI is InChI=1S/C25H36N4O3/c1-2-26-25(28-19-23(20-30)22-8-4-3-5-9-22)27-18-21-7-6-10-24(17-21)32-16-13-29-11-14-31-15-12-29/h3-10,17,23,30H,2,11-16,18-20H2,1H3,(H2,26,27,28). The Balaban J connectivity index is 1.50. The Morgan fingerprint density at radius 3 is 2.69 bits per heavy atom. The molecule has 0 aromatic heterocycles. The van der Waals surface area contributed by atoms with Gasteiger partial charge in [0.2, 0.25) is 0 Å². The third kappa shape index (κ3) is 8.15. The predicted molar refractivity (Wildman–Crippen MR) is 128 cm³/mol. The second-order valence-electron chi connectivity index (χ2n) is 7.82. The van der Waals surface area contributed by atoms with Gasteiger partial charge in [-0.25, -0.2) is 4.99 Å². The molecule has 3 N–H and O–H groups in total. The van der Waals surface area contributed by atoms with Gasteiger partial charge in [-0.1, -0.05) is 42.5 Å². The lowest BCUT2D eigenvalue weighted by atomic mass is 10.0. The summed E-state index contributed by atoms with van der Waals surface area (Å²) in [4.78, 5) is 7.08. The Hall–Kier alpha value is -2.61. The fourth-order valence-electron chi connectivity index (χ4n) is 3.60. The summed E-state index contributed by atoms with van der Waals surface area (Å²) >= 11 is 0. The zero-order chi connectivity index (χ0) is 22.4. The van der Waals surface area contributed by atoms with Gasteiger partial charge in [0, 0.05) is 38.6 Å². The molecule has 0 saturated carbocycles. The van der Waals surface area contributed by atoms with E-state index in [0.29, 0.717) is 19.7 Å². The van der Waals surface area contributed by atoms with Crippen LogP contribution < -0.4 is 15.4 Å². The maximum Gasteiger partial charge on any atom is 0.191 e. The van der Waals surface area contributed by atoms with Crippen LogP contribution >= 0.6 is 0 Å². The van der Waals surface area contributed by atoms with Crippen LogP contribution in [0.1, 0.15) is 24.0 Å². The van der Waals surface area contributed by atoms with Gasteiger partial charge in [0.25, 0.3) is 0 Å². The third-order valence-corrected chi connectivity index (χ3v) is 5.45. The highest BCUT2D eigenvalue weighted by atomic mass is 16.5. The molecule has 1 aliphatic rings. The van der Waals surface area contributed by atoms with E-state index in [-0.39, 0.29) is 12.5 Å². The van der Waals surface area contributed by atoms with Crippen molar-refractivity contribution in [3.05, 3.63) is 65.7 Å². The summed E-state index contributed by atoms with van der Waals surface area (Å²) in [5.74, 6) is 1.62. The zero-order valence-electron chi connectivity index (χ0n) is 19.0. The lowest BCUT2D eigenvalue weighted by Gasteiger charge is -2.26. The van der Waals surface area contributed by atoms with Crippen LogP contribution in [0.5, 0.6) is 5.75 Å². The van der Waals surface area contributed by atoms with E-state index in [2.05, 4.69) is 21.6 Å². The van der Waals surface area contributed by atoms with Crippen molar-refractivity contribution in [2.45, 2.75) is 19.4 Å². The van der Waals surface area contributed by atoms with Crippen LogP contribution in [0, 0.1) is 0 Å². The van der Waals surface area contributed by atoms with E-state index in [1.165, 1.54) is 0 Å². The molecule has 2 aromatic rings. The highest BCUT2D eigenvalue weighted by molar-refractivity contribution is 5.79. The molecule has 3 rings (SSSR count). The van der Waals surface area contributed by atoms with Crippen LogP contribution in [0.2, 0.25) is 0 Å². The van der Waals surface area contributed by atoms with Crippen molar-refractivity contribution in [2.24, 2.45) is 4.99 Å². The molecule has 1 fully saturated rings. The van der Waals surface area contributed by atoms with Crippen LogP contribution in [0.3, 0.4) is 0 Å². The molecule has 1 saturated heterocycles. The first kappa shape index (κ1) is 24.0. The summed E-state index contributed by atoms with van der Waals surface area (Å²) < 4.78 is 11.3. The van der Waals surface area contributed by atoms with Crippen molar-refractivity contribution < 1.29 is 14.6 Å². The molecule has 1 unspecified atom stereocenters. The van der Waals surface area contributed by atoms with Crippen molar-refractivity contribution in [3.8, 4) is 5.75 Å². The molecule has 7 heteroatoms. The third-order valence-electron chi connectivity index (χ3n) is 5.45. The quantitative estimate of drug-likeness (QED) is 0.367. The largest absolute Gasteiger partial charge is 0.492 e. The smallest absolute Gasteiger partial charge is 0.191 e. The second-order valence-corrected chi connectivity index (χ2v) is 7.82. The van der Waals surface area contributed by atoms with Gasteiger partial charge in [-0.2, -0.15) is 0 Å². The molecule has 0 aliphatic carbocycles. The molecule has 0 bridgehead atoms. The number of aliphatic hydroxyl groups excluding tert-OH is 1. The van der Waals surface area contributed by atoms with Crippen LogP contribution in [-0.2, 0) is 11.3 Å². The van der Waals surface area contributed by atoms with Gasteiger partial charge < -0.3 is 25.2 Å². The van der Waals surface area contributed by atoms with Crippen LogP contribution in [-0.4, -0.2) is 75.1 Å². The summed E-state index contributed by atoms with van der Waals surface area (Å²) in [6.45, 7) is 9.18. The molecular formula is C25H36N4O3. The van der Waals surface area contributed by atoms with Crippen molar-refractivity contribution >= 4 is 5.96 Å². The molecule has 2 aromatic carbocycles. The number of rotatable bonds is 11. The number of aliphatic hydroxyl groups is 1. The lowest BCUT2D eigenvalue weighted by molar-refractivity contribution is 0.0322. The van der Waals surface area contributed by atoms with Gasteiger partial charge in [-0.05, 0) is 30.2 Å². The Kier molecular flexibility index (Phi) is 10.3. The van der Waals surface area contributed by atoms with Crippen LogP contribution in [0.15, 0.2) is 59.6 Å². The maximum absolute atomic E-state index is 9.79. The fourth-order valence-corrected chi connectivity index (χ4v) is 3.60. The highest BCUT2D eigenvalue weighted by Gasteiger charge is 2.11. The van der Waals surface area contributed by atoms with Crippen molar-refractivity contribution in [1.82, 2.24) is 15.5 Å². The molecule has 0 spiro atoms. The van der Waals surface area contributed by atoms with E-state index in [1.807, 2.05) is 55.5 Å². The Labute approximate surface area is 191 Å². The minimum absolute atomic E-state index is 0.0169. The average molecular weight is 441 g/mol. The van der Waals surface area contributed by atoms with Gasteiger partial charge in [0.1, 0.15) is 12.4 Å². The Bertz CT molecular complexity index is 810. The van der Waals surface area contributed by atoms with E-state index in [9.17, 15) is 5.11 Å². The summed E-state index contributed by atoms with van der Waals surface area (Å²) in [6.07, 6.45) is 0. The van der Waals surface area contributed by atoms with Gasteiger partial charge in [0.05, 0.1) is 26.4 Å². The lowest BCUT2D eigenvalue weighted by Crippen LogP contribution is -2.39. The second kappa shape index (κ2) is 13.7. The average Bonchev–Trinajstić information content (AvgIpc) is 2.84. The zero-order valence-corrected chi connectivity index (χ0v) is 19.0. The van der Waals surface area contributed by atoms with Gasteiger partial charge in [-0.15, -0.1) is 0 Å². The van der Waals surface area contributed by atoms with Crippen molar-refractivity contribution in [1.29, 1.82) is 0 Å². The number of morpholine rings is 1. The molecule has 1 heterocycles. The van der Waals surface area contributed by atoms with E-state index in [1.54, 1.807) is 0 Å². The number of nitrogens with zero attached hydrogens (tertiary/aromatic N) is 2. The summed E-state index contributed by atoms with van der Waals surface area (Å²) in [7, 11) is 0. The number of ether oxygens (including phenoxy) is 2. The van der Waals surface area contributed by atoms with E-state index >= 15 is 0 Å². The number of benzene rings is 2. The summed E-state index contributed by atoms with van der Waals surface area (Å²) in [6, 6.07) is 18.1. The molecule has 0 radical (unpaired) electrons. The number of hydrogen-bond donors (Lipinski definition) is 3. The topological polar surface area (TPSA) is 78.4 Å². The molecule has 0 amide bonds. The molecule has 7 nitrogen and oxygen atoms in total. The fraction of sp³-hybridized carbons (Fsp3) is 0.480. The van der Waals surface area contributed by atoms with Gasteiger partial charge in [-0.3, -0.25) is 4.90 Å². The summed E-state index contributed by atoms with van der Waals surface area (Å²) in [5.41, 5.74) is 2.20. The van der Waals surface area contributed by atoms with E-state index in [0.717, 1.165) is 62.2 Å². The SMILES string of the molecule is CCNC(=NCc1cccc(OCCN2CCOCC2)c1)NCC(CO)c1ccccc1. The maximum atomic E-state index is 9.79. The minimum atomic E-state index is 0.0169. The Morgan fingerprint density at radius 1 is 1.12 bits per heavy atom. The van der Waals surface area contributed by atoms with E-state index in [4.69, 9.17) is 14.5 Å². The van der Waals surface area contributed by atoms with E-state index < -0.39 is 0 Å². The predicted octanol–water partition coefficient (Wildman–Crippen LogP) is 2.23. The number of nitrogens with one attached hydrogen (secondary N) is 2. The molecule has 174 valence electrons. The molecule has 1 aliphatic heterocycles. The first-order chi connectivity index (χ1) is 15.8. The highest BCUT2D eigenvalue weighted by Crippen LogP contribution is 2.15. The monoisotopic (exact) mass is 440 g/mol. The van der Waals surface area contributed by atoms with Crippen molar-refractivity contribution in [2.75, 3.05) is 59.2 Å². The van der Waals surface area contributed by atoms with Crippen LogP contribution in [0.25, 0.3) is 0 Å². The Morgan fingerprint density at radius 2 is 1.94 bits per heavy atom. The van der Waals surface area contributed by atoms with Crippen LogP contribution in [0.4, 0.5) is 0 Å². The first-order valence-electron chi connectivity index (χ1n) is 11.5. The minimum Gasteiger partial charge on any atom is -0.492 e. The molecular weight excluding hydrogens is 404 g/mol. The van der Waals surface area contributed by atoms with Gasteiger partial charge in [0.15, 0.2) is 5.96 Å². The molecule has 1 atom stereocenters. The first-order valence-corrected chi connectivity index (χ1v) is 11.5.